The van der Waals surface area contributed by atoms with Crippen molar-refractivity contribution in [2.45, 2.75) is 19.8 Å². The summed E-state index contributed by atoms with van der Waals surface area (Å²) in [5.41, 5.74) is 0. The highest BCUT2D eigenvalue weighted by Gasteiger charge is 2.14. The van der Waals surface area contributed by atoms with Gasteiger partial charge in [0.15, 0.2) is 5.96 Å². The van der Waals surface area contributed by atoms with Crippen molar-refractivity contribution >= 4 is 17.7 Å². The zero-order valence-electron chi connectivity index (χ0n) is 13.8. The Morgan fingerprint density at radius 2 is 2.41 bits per heavy atom. The molecule has 2 N–H and O–H groups in total. The standard InChI is InChI=1S/C16H31N3O2S/c1-3-11-22-12-8-19-16(17-4-2)18-7-5-9-20-13-15-6-10-21-14-15/h3,15H,1,4-14H2,2H3,(H2,17,18,19). The summed E-state index contributed by atoms with van der Waals surface area (Å²) in [4.78, 5) is 4.56. The third-order valence-electron chi connectivity index (χ3n) is 3.21. The molecule has 128 valence electrons. The highest BCUT2D eigenvalue weighted by atomic mass is 32.2. The number of thioether (sulfide) groups is 1. The molecule has 6 heteroatoms. The van der Waals surface area contributed by atoms with Crippen molar-refractivity contribution in [3.63, 3.8) is 0 Å². The van der Waals surface area contributed by atoms with Gasteiger partial charge in [-0.2, -0.15) is 11.8 Å². The maximum Gasteiger partial charge on any atom is 0.191 e. The van der Waals surface area contributed by atoms with Gasteiger partial charge in [0, 0.05) is 50.3 Å². The van der Waals surface area contributed by atoms with Gasteiger partial charge in [-0.25, -0.2) is 0 Å². The molecule has 0 aromatic heterocycles. The zero-order valence-corrected chi connectivity index (χ0v) is 14.6. The average molecular weight is 330 g/mol. The SMILES string of the molecule is C=CCSCCNC(=NCCCOCC1CCOC1)NCC. The molecule has 22 heavy (non-hydrogen) atoms. The number of nitrogens with zero attached hydrogens (tertiary/aromatic N) is 1. The first kappa shape index (κ1) is 19.3. The Balaban J connectivity index is 2.03. The van der Waals surface area contributed by atoms with E-state index in [2.05, 4.69) is 29.1 Å². The molecule has 1 saturated heterocycles. The van der Waals surface area contributed by atoms with Crippen LogP contribution in [0.3, 0.4) is 0 Å². The molecule has 1 aliphatic rings. The highest BCUT2D eigenvalue weighted by Crippen LogP contribution is 2.12. The Bertz CT molecular complexity index is 308. The van der Waals surface area contributed by atoms with E-state index in [1.165, 1.54) is 0 Å². The van der Waals surface area contributed by atoms with Gasteiger partial charge in [-0.1, -0.05) is 6.08 Å². The minimum atomic E-state index is 0.593. The Hall–Kier alpha value is -0.720. The van der Waals surface area contributed by atoms with Crippen LogP contribution in [0.1, 0.15) is 19.8 Å². The molecule has 0 aromatic rings. The fourth-order valence-corrected chi connectivity index (χ4v) is 2.65. The number of hydrogen-bond acceptors (Lipinski definition) is 4. The summed E-state index contributed by atoms with van der Waals surface area (Å²) in [6.07, 6.45) is 4.02. The quantitative estimate of drug-likeness (QED) is 0.248. The number of aliphatic imine (C=N–C) groups is 1. The Kier molecular flexibility index (Phi) is 12.2. The van der Waals surface area contributed by atoms with Gasteiger partial charge in [-0.3, -0.25) is 4.99 Å². The van der Waals surface area contributed by atoms with Gasteiger partial charge in [0.25, 0.3) is 0 Å². The zero-order chi connectivity index (χ0) is 15.9. The largest absolute Gasteiger partial charge is 0.381 e. The monoisotopic (exact) mass is 329 g/mol. The second-order valence-electron chi connectivity index (χ2n) is 5.21. The van der Waals surface area contributed by atoms with Crippen molar-refractivity contribution in [1.82, 2.24) is 10.6 Å². The topological polar surface area (TPSA) is 54.9 Å². The lowest BCUT2D eigenvalue weighted by Crippen LogP contribution is -2.38. The van der Waals surface area contributed by atoms with E-state index in [9.17, 15) is 0 Å². The molecule has 5 nitrogen and oxygen atoms in total. The summed E-state index contributed by atoms with van der Waals surface area (Å²) < 4.78 is 11.0. The molecular weight excluding hydrogens is 298 g/mol. The van der Waals surface area contributed by atoms with Crippen LogP contribution in [0, 0.1) is 5.92 Å². The fraction of sp³-hybridized carbons (Fsp3) is 0.812. The number of ether oxygens (including phenoxy) is 2. The highest BCUT2D eigenvalue weighted by molar-refractivity contribution is 7.99. The van der Waals surface area contributed by atoms with Crippen molar-refractivity contribution in [2.75, 3.05) is 57.6 Å². The second-order valence-corrected chi connectivity index (χ2v) is 6.36. The van der Waals surface area contributed by atoms with E-state index in [1.54, 1.807) is 0 Å². The van der Waals surface area contributed by atoms with Crippen molar-refractivity contribution in [2.24, 2.45) is 10.9 Å². The van der Waals surface area contributed by atoms with Crippen molar-refractivity contribution in [3.8, 4) is 0 Å². The minimum Gasteiger partial charge on any atom is -0.381 e. The van der Waals surface area contributed by atoms with E-state index in [4.69, 9.17) is 9.47 Å². The lowest BCUT2D eigenvalue weighted by atomic mass is 10.1. The first-order valence-corrected chi connectivity index (χ1v) is 9.38. The Labute approximate surface area is 139 Å². The molecule has 1 fully saturated rings. The van der Waals surface area contributed by atoms with Crippen LogP contribution in [0.5, 0.6) is 0 Å². The van der Waals surface area contributed by atoms with Gasteiger partial charge >= 0.3 is 0 Å². The molecule has 0 amide bonds. The van der Waals surface area contributed by atoms with Crippen molar-refractivity contribution in [1.29, 1.82) is 0 Å². The molecular formula is C16H31N3O2S. The third kappa shape index (κ3) is 10.1. The van der Waals surface area contributed by atoms with Gasteiger partial charge in [0.2, 0.25) is 0 Å². The Morgan fingerprint density at radius 3 is 3.14 bits per heavy atom. The molecule has 0 radical (unpaired) electrons. The molecule has 1 heterocycles. The van der Waals surface area contributed by atoms with Gasteiger partial charge in [-0.15, -0.1) is 6.58 Å². The number of hydrogen-bond donors (Lipinski definition) is 2. The molecule has 1 rings (SSSR count). The first-order chi connectivity index (χ1) is 10.9. The van der Waals surface area contributed by atoms with Gasteiger partial charge < -0.3 is 20.1 Å². The van der Waals surface area contributed by atoms with Crippen molar-refractivity contribution in [3.05, 3.63) is 12.7 Å². The number of guanidine groups is 1. The van der Waals surface area contributed by atoms with E-state index in [1.807, 2.05) is 17.8 Å². The van der Waals surface area contributed by atoms with E-state index < -0.39 is 0 Å². The molecule has 0 saturated carbocycles. The van der Waals surface area contributed by atoms with Crippen LogP contribution in [0.2, 0.25) is 0 Å². The second kappa shape index (κ2) is 13.9. The van der Waals surface area contributed by atoms with Crippen molar-refractivity contribution < 1.29 is 9.47 Å². The van der Waals surface area contributed by atoms with Gasteiger partial charge in [0.05, 0.1) is 13.2 Å². The smallest absolute Gasteiger partial charge is 0.191 e. The maximum atomic E-state index is 5.68. The molecule has 0 bridgehead atoms. The van der Waals surface area contributed by atoms with Crippen LogP contribution in [-0.2, 0) is 9.47 Å². The molecule has 1 atom stereocenters. The molecule has 0 spiro atoms. The predicted molar refractivity (Wildman–Crippen MR) is 95.9 cm³/mol. The van der Waals surface area contributed by atoms with Crippen LogP contribution in [0.15, 0.2) is 17.6 Å². The summed E-state index contributed by atoms with van der Waals surface area (Å²) in [7, 11) is 0. The predicted octanol–water partition coefficient (Wildman–Crippen LogP) is 1.90. The van der Waals surface area contributed by atoms with Crippen LogP contribution in [0.25, 0.3) is 0 Å². The fourth-order valence-electron chi connectivity index (χ4n) is 2.07. The summed E-state index contributed by atoms with van der Waals surface area (Å²) in [6.45, 7) is 11.7. The van der Waals surface area contributed by atoms with Crippen LogP contribution in [-0.4, -0.2) is 63.5 Å². The minimum absolute atomic E-state index is 0.593. The van der Waals surface area contributed by atoms with E-state index in [0.717, 1.165) is 76.4 Å². The van der Waals surface area contributed by atoms with E-state index in [-0.39, 0.29) is 0 Å². The van der Waals surface area contributed by atoms with Crippen LogP contribution in [0.4, 0.5) is 0 Å². The molecule has 0 aromatic carbocycles. The van der Waals surface area contributed by atoms with E-state index in [0.29, 0.717) is 5.92 Å². The summed E-state index contributed by atoms with van der Waals surface area (Å²) in [5.74, 6) is 3.54. The summed E-state index contributed by atoms with van der Waals surface area (Å²) in [6, 6.07) is 0. The van der Waals surface area contributed by atoms with E-state index >= 15 is 0 Å². The van der Waals surface area contributed by atoms with Crippen LogP contribution < -0.4 is 10.6 Å². The molecule has 0 aliphatic carbocycles. The van der Waals surface area contributed by atoms with Crippen LogP contribution >= 0.6 is 11.8 Å². The Morgan fingerprint density at radius 1 is 1.50 bits per heavy atom. The normalized spacial score (nSPS) is 18.4. The first-order valence-electron chi connectivity index (χ1n) is 8.23. The van der Waals surface area contributed by atoms with Gasteiger partial charge in [0.1, 0.15) is 0 Å². The average Bonchev–Trinajstić information content (AvgIpc) is 3.03. The molecule has 1 unspecified atom stereocenters. The third-order valence-corrected chi connectivity index (χ3v) is 4.18. The molecule has 1 aliphatic heterocycles. The number of rotatable bonds is 12. The number of nitrogens with one attached hydrogen (secondary N) is 2. The lowest BCUT2D eigenvalue weighted by molar-refractivity contribution is 0.0893. The maximum absolute atomic E-state index is 5.68. The summed E-state index contributed by atoms with van der Waals surface area (Å²) >= 11 is 1.87. The summed E-state index contributed by atoms with van der Waals surface area (Å²) in [5, 5.41) is 6.60. The van der Waals surface area contributed by atoms with Gasteiger partial charge in [-0.05, 0) is 19.8 Å². The lowest BCUT2D eigenvalue weighted by Gasteiger charge is -2.11.